The number of carbonyl (C=O) groups is 1. The molecule has 3 nitrogen and oxygen atoms in total. The lowest BCUT2D eigenvalue weighted by Gasteiger charge is -2.20. The van der Waals surface area contributed by atoms with Crippen LogP contribution in [0.3, 0.4) is 0 Å². The van der Waals surface area contributed by atoms with Crippen LogP contribution >= 0.6 is 15.9 Å². The van der Waals surface area contributed by atoms with Gasteiger partial charge in [-0.2, -0.15) is 0 Å². The lowest BCUT2D eigenvalue weighted by molar-refractivity contribution is -0.123. The molecule has 0 radical (unpaired) electrons. The number of carbonyl (C=O) groups excluding carboxylic acids is 1. The molecule has 1 amide bonds. The zero-order chi connectivity index (χ0) is 17.6. The molecule has 0 spiro atoms. The number of benzene rings is 2. The van der Waals surface area contributed by atoms with Crippen LogP contribution in [0, 0.1) is 0 Å². The minimum atomic E-state index is -0.113. The van der Waals surface area contributed by atoms with Crippen molar-refractivity contribution in [1.82, 2.24) is 5.32 Å². The standard InChI is InChI=1S/C20H24BrNO2/c1-20(2,3)16-9-10-18(17(21)13-16)24-14-19(23)22-12-11-15-7-5-4-6-8-15/h4-10,13H,11-12,14H2,1-3H3,(H,22,23). The summed E-state index contributed by atoms with van der Waals surface area (Å²) in [5.41, 5.74) is 2.50. The van der Waals surface area contributed by atoms with Gasteiger partial charge in [-0.05, 0) is 51.0 Å². The average molecular weight is 390 g/mol. The van der Waals surface area contributed by atoms with Crippen LogP contribution < -0.4 is 10.1 Å². The molecule has 0 aliphatic rings. The maximum absolute atomic E-state index is 11.9. The minimum absolute atomic E-state index is 0.0161. The van der Waals surface area contributed by atoms with E-state index in [0.29, 0.717) is 12.3 Å². The number of hydrogen-bond donors (Lipinski definition) is 1. The third kappa shape index (κ3) is 5.68. The minimum Gasteiger partial charge on any atom is -0.483 e. The smallest absolute Gasteiger partial charge is 0.257 e. The fourth-order valence-electron chi connectivity index (χ4n) is 2.27. The summed E-state index contributed by atoms with van der Waals surface area (Å²) in [6, 6.07) is 16.1. The first-order valence-corrected chi connectivity index (χ1v) is 8.89. The predicted molar refractivity (Wildman–Crippen MR) is 101 cm³/mol. The van der Waals surface area contributed by atoms with E-state index in [2.05, 4.69) is 54.2 Å². The van der Waals surface area contributed by atoms with Crippen molar-refractivity contribution in [3.63, 3.8) is 0 Å². The van der Waals surface area contributed by atoms with E-state index in [1.165, 1.54) is 11.1 Å². The highest BCUT2D eigenvalue weighted by atomic mass is 79.9. The monoisotopic (exact) mass is 389 g/mol. The molecule has 0 saturated heterocycles. The van der Waals surface area contributed by atoms with Crippen LogP contribution in [0.25, 0.3) is 0 Å². The molecule has 1 N–H and O–H groups in total. The summed E-state index contributed by atoms with van der Waals surface area (Å²) in [6.07, 6.45) is 0.816. The second-order valence-corrected chi connectivity index (χ2v) is 7.62. The Morgan fingerprint density at radius 3 is 2.46 bits per heavy atom. The van der Waals surface area contributed by atoms with Crippen molar-refractivity contribution in [2.24, 2.45) is 0 Å². The first kappa shape index (κ1) is 18.5. The highest BCUT2D eigenvalue weighted by Gasteiger charge is 2.15. The molecular formula is C20H24BrNO2. The van der Waals surface area contributed by atoms with E-state index < -0.39 is 0 Å². The lowest BCUT2D eigenvalue weighted by atomic mass is 9.87. The molecule has 0 aliphatic carbocycles. The van der Waals surface area contributed by atoms with Gasteiger partial charge in [-0.25, -0.2) is 0 Å². The van der Waals surface area contributed by atoms with E-state index in [-0.39, 0.29) is 17.9 Å². The third-order valence-corrected chi connectivity index (χ3v) is 4.36. The molecule has 24 heavy (non-hydrogen) atoms. The van der Waals surface area contributed by atoms with Crippen LogP contribution in [0.2, 0.25) is 0 Å². The Bertz CT molecular complexity index is 678. The van der Waals surface area contributed by atoms with Crippen molar-refractivity contribution in [3.05, 3.63) is 64.1 Å². The third-order valence-electron chi connectivity index (χ3n) is 3.74. The van der Waals surface area contributed by atoms with Crippen molar-refractivity contribution in [1.29, 1.82) is 0 Å². The van der Waals surface area contributed by atoms with Crippen LogP contribution in [-0.2, 0) is 16.6 Å². The molecule has 128 valence electrons. The molecule has 2 aromatic carbocycles. The highest BCUT2D eigenvalue weighted by molar-refractivity contribution is 9.10. The number of amides is 1. The van der Waals surface area contributed by atoms with Gasteiger partial charge in [0.25, 0.3) is 5.91 Å². The highest BCUT2D eigenvalue weighted by Crippen LogP contribution is 2.31. The van der Waals surface area contributed by atoms with Crippen LogP contribution in [-0.4, -0.2) is 19.1 Å². The summed E-state index contributed by atoms with van der Waals surface area (Å²) in [5, 5.41) is 2.88. The van der Waals surface area contributed by atoms with E-state index in [0.717, 1.165) is 10.9 Å². The second kappa shape index (κ2) is 8.34. The molecule has 0 unspecified atom stereocenters. The molecular weight excluding hydrogens is 366 g/mol. The Morgan fingerprint density at radius 2 is 1.83 bits per heavy atom. The molecule has 0 fully saturated rings. The zero-order valence-corrected chi connectivity index (χ0v) is 16.0. The first-order valence-electron chi connectivity index (χ1n) is 8.10. The Balaban J connectivity index is 1.79. The first-order chi connectivity index (χ1) is 11.4. The predicted octanol–water partition coefficient (Wildman–Crippen LogP) is 4.48. The summed E-state index contributed by atoms with van der Waals surface area (Å²) in [6.45, 7) is 7.11. The van der Waals surface area contributed by atoms with Crippen molar-refractivity contribution in [2.45, 2.75) is 32.6 Å². The van der Waals surface area contributed by atoms with Gasteiger partial charge in [0.1, 0.15) is 5.75 Å². The van der Waals surface area contributed by atoms with Crippen molar-refractivity contribution in [2.75, 3.05) is 13.2 Å². The largest absolute Gasteiger partial charge is 0.483 e. The van der Waals surface area contributed by atoms with Crippen LogP contribution in [0.4, 0.5) is 0 Å². The number of rotatable bonds is 6. The number of nitrogens with one attached hydrogen (secondary N) is 1. The molecule has 2 aromatic rings. The van der Waals surface area contributed by atoms with Crippen molar-refractivity contribution < 1.29 is 9.53 Å². The van der Waals surface area contributed by atoms with Gasteiger partial charge < -0.3 is 10.1 Å². The number of hydrogen-bond acceptors (Lipinski definition) is 2. The summed E-state index contributed by atoms with van der Waals surface area (Å²) in [4.78, 5) is 11.9. The van der Waals surface area contributed by atoms with E-state index in [4.69, 9.17) is 4.74 Å². The summed E-state index contributed by atoms with van der Waals surface area (Å²) >= 11 is 3.52. The molecule has 0 saturated carbocycles. The van der Waals surface area contributed by atoms with E-state index in [9.17, 15) is 4.79 Å². The Labute approximate surface area is 152 Å². The normalized spacial score (nSPS) is 11.2. The van der Waals surface area contributed by atoms with Gasteiger partial charge in [-0.3, -0.25) is 4.79 Å². The van der Waals surface area contributed by atoms with Gasteiger partial charge in [-0.1, -0.05) is 57.2 Å². The topological polar surface area (TPSA) is 38.3 Å². The van der Waals surface area contributed by atoms with Gasteiger partial charge in [0, 0.05) is 6.54 Å². The van der Waals surface area contributed by atoms with E-state index in [1.54, 1.807) is 0 Å². The number of ether oxygens (including phenoxy) is 1. The van der Waals surface area contributed by atoms with Gasteiger partial charge in [0.15, 0.2) is 6.61 Å². The van der Waals surface area contributed by atoms with E-state index >= 15 is 0 Å². The number of halogens is 1. The summed E-state index contributed by atoms with van der Waals surface area (Å²) < 4.78 is 6.48. The molecule has 2 rings (SSSR count). The Hall–Kier alpha value is -1.81. The second-order valence-electron chi connectivity index (χ2n) is 6.77. The van der Waals surface area contributed by atoms with Crippen LogP contribution in [0.1, 0.15) is 31.9 Å². The van der Waals surface area contributed by atoms with E-state index in [1.807, 2.05) is 36.4 Å². The fraction of sp³-hybridized carbons (Fsp3) is 0.350. The molecule has 4 heteroatoms. The van der Waals surface area contributed by atoms with Gasteiger partial charge in [0.2, 0.25) is 0 Å². The van der Waals surface area contributed by atoms with Crippen LogP contribution in [0.15, 0.2) is 53.0 Å². The van der Waals surface area contributed by atoms with Gasteiger partial charge in [-0.15, -0.1) is 0 Å². The molecule has 0 atom stereocenters. The maximum Gasteiger partial charge on any atom is 0.257 e. The van der Waals surface area contributed by atoms with Gasteiger partial charge >= 0.3 is 0 Å². The average Bonchev–Trinajstić information content (AvgIpc) is 2.54. The quantitative estimate of drug-likeness (QED) is 0.790. The maximum atomic E-state index is 11.9. The van der Waals surface area contributed by atoms with Crippen molar-refractivity contribution >= 4 is 21.8 Å². The Kier molecular flexibility index (Phi) is 6.44. The molecule has 0 aromatic heterocycles. The summed E-state index contributed by atoms with van der Waals surface area (Å²) in [5.74, 6) is 0.568. The SMILES string of the molecule is CC(C)(C)c1ccc(OCC(=O)NCCc2ccccc2)c(Br)c1. The molecule has 0 heterocycles. The molecule has 0 aliphatic heterocycles. The van der Waals surface area contributed by atoms with Crippen molar-refractivity contribution in [3.8, 4) is 5.75 Å². The van der Waals surface area contributed by atoms with Gasteiger partial charge in [0.05, 0.1) is 4.47 Å². The van der Waals surface area contributed by atoms with Crippen LogP contribution in [0.5, 0.6) is 5.75 Å². The fourth-order valence-corrected chi connectivity index (χ4v) is 2.76. The lowest BCUT2D eigenvalue weighted by Crippen LogP contribution is -2.30. The Morgan fingerprint density at radius 1 is 1.12 bits per heavy atom. The zero-order valence-electron chi connectivity index (χ0n) is 14.4. The summed E-state index contributed by atoms with van der Waals surface area (Å²) in [7, 11) is 0. The molecule has 0 bridgehead atoms.